The molecule has 0 aliphatic carbocycles. The predicted molar refractivity (Wildman–Crippen MR) is 140 cm³/mol. The molecule has 5 rings (SSSR count). The second kappa shape index (κ2) is 10.2. The lowest BCUT2D eigenvalue weighted by Gasteiger charge is -2.20. The van der Waals surface area contributed by atoms with E-state index in [1.165, 1.54) is 5.56 Å². The number of para-hydroxylation sites is 1. The molecular weight excluding hydrogens is 454 g/mol. The van der Waals surface area contributed by atoms with Gasteiger partial charge in [-0.3, -0.25) is 10.00 Å². The van der Waals surface area contributed by atoms with Crippen LogP contribution in [0.5, 0.6) is 5.88 Å². The Morgan fingerprint density at radius 1 is 1.06 bits per heavy atom. The molecule has 0 bridgehead atoms. The molecule has 9 nitrogen and oxygen atoms in total. The Labute approximate surface area is 210 Å². The van der Waals surface area contributed by atoms with E-state index in [0.29, 0.717) is 24.8 Å². The number of amides is 2. The van der Waals surface area contributed by atoms with E-state index in [4.69, 9.17) is 4.74 Å². The Bertz CT molecular complexity index is 1320. The molecule has 1 aliphatic heterocycles. The summed E-state index contributed by atoms with van der Waals surface area (Å²) in [7, 11) is 1.93. The Hall–Kier alpha value is -4.27. The molecule has 1 saturated heterocycles. The van der Waals surface area contributed by atoms with Gasteiger partial charge < -0.3 is 15.0 Å². The number of nitrogens with zero attached hydrogens (tertiary/aromatic N) is 5. The summed E-state index contributed by atoms with van der Waals surface area (Å²) in [5.74, 6) is 2.24. The normalized spacial score (nSPS) is 17.2. The molecule has 36 heavy (non-hydrogen) atoms. The molecule has 2 atom stereocenters. The van der Waals surface area contributed by atoms with Gasteiger partial charge in [0.1, 0.15) is 11.6 Å². The van der Waals surface area contributed by atoms with Crippen LogP contribution in [0.2, 0.25) is 0 Å². The number of urea groups is 1. The van der Waals surface area contributed by atoms with Crippen molar-refractivity contribution in [1.82, 2.24) is 24.9 Å². The zero-order chi connectivity index (χ0) is 25.1. The van der Waals surface area contributed by atoms with Crippen LogP contribution in [0.1, 0.15) is 24.0 Å². The molecule has 4 aromatic rings. The van der Waals surface area contributed by atoms with Crippen LogP contribution < -0.4 is 20.3 Å². The number of carbonyl (C=O) groups excluding carboxylic acids is 1. The fraction of sp³-hybridized carbons (Fsp3) is 0.296. The quantitative estimate of drug-likeness (QED) is 0.411. The minimum atomic E-state index is -0.281. The molecule has 9 heteroatoms. The van der Waals surface area contributed by atoms with Crippen molar-refractivity contribution in [3.05, 3.63) is 84.1 Å². The number of aromatic nitrogens is 4. The third-order valence-corrected chi connectivity index (χ3v) is 6.58. The fourth-order valence-corrected chi connectivity index (χ4v) is 4.82. The molecule has 2 aromatic carbocycles. The van der Waals surface area contributed by atoms with Crippen LogP contribution in [0.4, 0.5) is 16.4 Å². The highest BCUT2D eigenvalue weighted by Gasteiger charge is 2.36. The average Bonchev–Trinajstić information content (AvgIpc) is 3.59. The van der Waals surface area contributed by atoms with Crippen molar-refractivity contribution < 1.29 is 9.53 Å². The molecule has 2 N–H and O–H groups in total. The second-order valence-electron chi connectivity index (χ2n) is 8.90. The maximum absolute atomic E-state index is 13.4. The minimum Gasteiger partial charge on any atom is -0.477 e. The lowest BCUT2D eigenvalue weighted by molar-refractivity contribution is 0.248. The van der Waals surface area contributed by atoms with Gasteiger partial charge in [0.2, 0.25) is 5.88 Å². The van der Waals surface area contributed by atoms with Gasteiger partial charge in [-0.05, 0) is 31.5 Å². The topological polar surface area (TPSA) is 89.2 Å². The van der Waals surface area contributed by atoms with Crippen LogP contribution in [-0.2, 0) is 7.05 Å². The van der Waals surface area contributed by atoms with E-state index in [0.717, 1.165) is 23.6 Å². The van der Waals surface area contributed by atoms with E-state index in [1.54, 1.807) is 10.9 Å². The fourth-order valence-electron chi connectivity index (χ4n) is 4.82. The number of hydrogen-bond acceptors (Lipinski definition) is 5. The highest BCUT2D eigenvalue weighted by atomic mass is 16.5. The lowest BCUT2D eigenvalue weighted by Crippen LogP contribution is -2.42. The van der Waals surface area contributed by atoms with Gasteiger partial charge >= 0.3 is 6.03 Å². The van der Waals surface area contributed by atoms with Crippen LogP contribution in [-0.4, -0.2) is 51.3 Å². The van der Waals surface area contributed by atoms with Crippen molar-refractivity contribution in [2.75, 3.05) is 29.9 Å². The maximum atomic E-state index is 13.4. The van der Waals surface area contributed by atoms with Crippen LogP contribution in [0.25, 0.3) is 5.69 Å². The highest BCUT2D eigenvalue weighted by Crippen LogP contribution is 2.32. The molecule has 0 spiro atoms. The average molecular weight is 486 g/mol. The number of rotatable bonds is 7. The highest BCUT2D eigenvalue weighted by molar-refractivity contribution is 5.90. The summed E-state index contributed by atoms with van der Waals surface area (Å²) in [5, 5.41) is 15.2. The summed E-state index contributed by atoms with van der Waals surface area (Å²) < 4.78 is 9.29. The van der Waals surface area contributed by atoms with Gasteiger partial charge in [0.05, 0.1) is 30.1 Å². The van der Waals surface area contributed by atoms with E-state index >= 15 is 0 Å². The van der Waals surface area contributed by atoms with Gasteiger partial charge in [0, 0.05) is 32.1 Å². The van der Waals surface area contributed by atoms with Gasteiger partial charge in [0.25, 0.3) is 0 Å². The van der Waals surface area contributed by atoms with Gasteiger partial charge in [-0.1, -0.05) is 48.5 Å². The van der Waals surface area contributed by atoms with Crippen molar-refractivity contribution >= 4 is 17.7 Å². The smallest absolute Gasteiger partial charge is 0.320 e. The van der Waals surface area contributed by atoms with Crippen molar-refractivity contribution in [1.29, 1.82) is 0 Å². The summed E-state index contributed by atoms with van der Waals surface area (Å²) in [5.41, 5.74) is 2.81. The zero-order valence-corrected chi connectivity index (χ0v) is 20.8. The minimum absolute atomic E-state index is 0.0953. The van der Waals surface area contributed by atoms with Crippen molar-refractivity contribution in [2.24, 2.45) is 7.05 Å². The van der Waals surface area contributed by atoms with Crippen LogP contribution in [0, 0.1) is 6.92 Å². The summed E-state index contributed by atoms with van der Waals surface area (Å²) in [6.07, 6.45) is 1.80. The van der Waals surface area contributed by atoms with E-state index in [2.05, 4.69) is 37.9 Å². The number of anilines is 2. The Kier molecular flexibility index (Phi) is 6.62. The molecule has 1 aliphatic rings. The van der Waals surface area contributed by atoms with Crippen molar-refractivity contribution in [3.63, 3.8) is 0 Å². The standard InChI is InChI=1S/C27H31N7O2/c1-4-36-26-19(2)25(34(31-26)21-13-9-6-10-14-21)30-27(35)29-23-18-33(24-15-16-28-32(24)3)17-22(23)20-11-7-5-8-12-20/h5-16,22-23H,4,17-18H2,1-3H3,(H2,29,30,35)/t22-,23+/m0/s1. The SMILES string of the molecule is CCOc1nn(-c2ccccc2)c(NC(=O)N[C@@H]2CN(c3ccnn3C)C[C@H]2c2ccccc2)c1C. The first kappa shape index (κ1) is 23.5. The van der Waals surface area contributed by atoms with Gasteiger partial charge in [-0.15, -0.1) is 5.10 Å². The Morgan fingerprint density at radius 2 is 1.78 bits per heavy atom. The molecule has 2 amide bonds. The first-order valence-electron chi connectivity index (χ1n) is 12.2. The number of aryl methyl sites for hydroxylation is 1. The number of ether oxygens (including phenoxy) is 1. The van der Waals surface area contributed by atoms with Crippen molar-refractivity contribution in [3.8, 4) is 11.6 Å². The van der Waals surface area contributed by atoms with E-state index in [-0.39, 0.29) is 18.0 Å². The summed E-state index contributed by atoms with van der Waals surface area (Å²) in [6.45, 7) is 5.76. The van der Waals surface area contributed by atoms with Gasteiger partial charge in [-0.2, -0.15) is 5.10 Å². The molecule has 0 unspecified atom stereocenters. The molecular formula is C27H31N7O2. The molecule has 1 fully saturated rings. The second-order valence-corrected chi connectivity index (χ2v) is 8.90. The maximum Gasteiger partial charge on any atom is 0.320 e. The van der Waals surface area contributed by atoms with E-state index in [9.17, 15) is 4.79 Å². The first-order chi connectivity index (χ1) is 17.5. The molecule has 186 valence electrons. The third kappa shape index (κ3) is 4.64. The van der Waals surface area contributed by atoms with Crippen LogP contribution in [0.15, 0.2) is 72.9 Å². The third-order valence-electron chi connectivity index (χ3n) is 6.58. The molecule has 2 aromatic heterocycles. The number of hydrogen-bond donors (Lipinski definition) is 2. The predicted octanol–water partition coefficient (Wildman–Crippen LogP) is 4.11. The van der Waals surface area contributed by atoms with Gasteiger partial charge in [0.15, 0.2) is 0 Å². The number of carbonyl (C=O) groups is 1. The zero-order valence-electron chi connectivity index (χ0n) is 20.8. The number of nitrogens with one attached hydrogen (secondary N) is 2. The van der Waals surface area contributed by atoms with Crippen LogP contribution in [0.3, 0.4) is 0 Å². The molecule has 3 heterocycles. The van der Waals surface area contributed by atoms with Gasteiger partial charge in [-0.25, -0.2) is 9.48 Å². The number of benzene rings is 2. The summed E-state index contributed by atoms with van der Waals surface area (Å²) in [4.78, 5) is 15.6. The van der Waals surface area contributed by atoms with E-state index < -0.39 is 0 Å². The largest absolute Gasteiger partial charge is 0.477 e. The Morgan fingerprint density at radius 3 is 2.44 bits per heavy atom. The summed E-state index contributed by atoms with van der Waals surface area (Å²) in [6, 6.07) is 21.7. The molecule has 0 radical (unpaired) electrons. The van der Waals surface area contributed by atoms with E-state index in [1.807, 2.05) is 80.2 Å². The first-order valence-corrected chi connectivity index (χ1v) is 12.2. The summed E-state index contributed by atoms with van der Waals surface area (Å²) >= 11 is 0. The molecule has 0 saturated carbocycles. The van der Waals surface area contributed by atoms with Crippen LogP contribution >= 0.6 is 0 Å². The monoisotopic (exact) mass is 485 g/mol. The lowest BCUT2D eigenvalue weighted by atomic mass is 9.94. The Balaban J connectivity index is 1.40. The van der Waals surface area contributed by atoms with Crippen molar-refractivity contribution in [2.45, 2.75) is 25.8 Å².